The number of aliphatic imine (C=N–C) groups is 1. The number of aliphatic hydroxyl groups excluding tert-OH is 1. The van der Waals surface area contributed by atoms with Gasteiger partial charge >= 0.3 is 0 Å². The van der Waals surface area contributed by atoms with Gasteiger partial charge in [0, 0.05) is 43.6 Å². The maximum atomic E-state index is 14.3. The number of thiol groups is 1. The van der Waals surface area contributed by atoms with Crippen molar-refractivity contribution in [3.8, 4) is 0 Å². The van der Waals surface area contributed by atoms with Gasteiger partial charge in [-0.3, -0.25) is 34.4 Å². The molecule has 18 nitrogen and oxygen atoms in total. The fourth-order valence-corrected chi connectivity index (χ4v) is 7.85. The number of Topliss-reactive ketones (excluding diaryl/α,β-unsaturated/α-hetero) is 1. The van der Waals surface area contributed by atoms with E-state index in [1.54, 1.807) is 4.90 Å². The van der Waals surface area contributed by atoms with Crippen LogP contribution in [0.2, 0.25) is 0 Å². The highest BCUT2D eigenvalue weighted by atomic mass is 32.1. The van der Waals surface area contributed by atoms with Crippen molar-refractivity contribution >= 4 is 53.8 Å². The first-order chi connectivity index (χ1) is 27.1. The van der Waals surface area contributed by atoms with E-state index >= 15 is 0 Å². The first-order valence-electron chi connectivity index (χ1n) is 20.4. The van der Waals surface area contributed by atoms with Gasteiger partial charge in [0.1, 0.15) is 23.6 Å². The minimum absolute atomic E-state index is 0.0517. The summed E-state index contributed by atoms with van der Waals surface area (Å²) in [6, 6.07) is -4.15. The zero-order chi connectivity index (χ0) is 42.5. The minimum Gasteiger partial charge on any atom is -0.511 e. The quantitative estimate of drug-likeness (QED) is 0.0162. The van der Waals surface area contributed by atoms with Crippen LogP contribution >= 0.6 is 12.6 Å². The highest BCUT2D eigenvalue weighted by molar-refractivity contribution is 7.80. The molecule has 1 aliphatic heterocycles. The number of amides is 4. The molecule has 1 aliphatic carbocycles. The molecule has 8 atom stereocenters. The third-order valence-corrected chi connectivity index (χ3v) is 11.3. The highest BCUT2D eigenvalue weighted by Gasteiger charge is 2.49. The maximum Gasteiger partial charge on any atom is 0.243 e. The van der Waals surface area contributed by atoms with Gasteiger partial charge in [-0.2, -0.15) is 12.6 Å². The van der Waals surface area contributed by atoms with E-state index in [0.29, 0.717) is 77.3 Å². The molecule has 0 radical (unpaired) electrons. The Morgan fingerprint density at radius 1 is 0.877 bits per heavy atom. The van der Waals surface area contributed by atoms with Crippen LogP contribution in [0.25, 0.3) is 0 Å². The molecule has 19 heteroatoms. The van der Waals surface area contributed by atoms with Crippen molar-refractivity contribution in [2.24, 2.45) is 51.2 Å². The Morgan fingerprint density at radius 2 is 1.56 bits per heavy atom. The number of fused-ring (bicyclic) bond motifs is 1. The van der Waals surface area contributed by atoms with Gasteiger partial charge in [0.2, 0.25) is 23.6 Å². The summed E-state index contributed by atoms with van der Waals surface area (Å²) in [5.74, 6) is -2.42. The molecule has 0 aromatic carbocycles. The smallest absolute Gasteiger partial charge is 0.243 e. The largest absolute Gasteiger partial charge is 0.511 e. The Bertz CT molecular complexity index is 1380. The van der Waals surface area contributed by atoms with Crippen LogP contribution in [0.1, 0.15) is 109 Å². The van der Waals surface area contributed by atoms with Gasteiger partial charge in [0.25, 0.3) is 0 Å². The van der Waals surface area contributed by atoms with Crippen molar-refractivity contribution < 1.29 is 29.1 Å². The number of nitrogens with two attached hydrogens (primary N) is 6. The molecule has 0 bridgehead atoms. The fraction of sp³-hybridized carbons (Fsp3) is 0.763. The molecule has 1 saturated carbocycles. The van der Waals surface area contributed by atoms with E-state index in [9.17, 15) is 29.1 Å². The standard InChI is InChI=1S/C38H70N12O6S/c1-23(51)28(13-9-19-47-38(44)45)48-36(55)31-20-24-10-5-6-14-30(24)50(31)37(56)25(16-17-39)21-32(52)26(40)11-7-8-18-46-35(54)29(49-34(53)27(41)22-57)12-3-2-4-15-33(42)43/h24-31,51,57H,1-22,39-41H2,(H3,42,43)(H,46,54)(H,48,55)(H,49,53)(H4,44,45,47)/t24?,25-,26+,27+,28+,29+,30?,31+/m1/s1. The summed E-state index contributed by atoms with van der Waals surface area (Å²) in [4.78, 5) is 72.6. The Hall–Kier alpha value is -3.94. The number of unbranched alkanes of at least 4 members (excludes halogenated alkanes) is 3. The van der Waals surface area contributed by atoms with E-state index in [1.807, 2.05) is 0 Å². The summed E-state index contributed by atoms with van der Waals surface area (Å²) >= 11 is 4.06. The topological polar surface area (TPSA) is 337 Å². The second kappa shape index (κ2) is 26.1. The van der Waals surface area contributed by atoms with Crippen LogP contribution in [-0.4, -0.2) is 113 Å². The van der Waals surface area contributed by atoms with Gasteiger partial charge in [-0.05, 0) is 83.1 Å². The Balaban J connectivity index is 1.99. The van der Waals surface area contributed by atoms with Gasteiger partial charge in [0.05, 0.1) is 24.0 Å². The minimum atomic E-state index is -0.856. The third kappa shape index (κ3) is 17.2. The van der Waals surface area contributed by atoms with E-state index in [4.69, 9.17) is 39.8 Å². The van der Waals surface area contributed by atoms with Crippen molar-refractivity contribution in [1.29, 1.82) is 5.41 Å². The van der Waals surface area contributed by atoms with Crippen molar-refractivity contribution in [1.82, 2.24) is 20.9 Å². The number of hydrogen-bond donors (Lipinski definition) is 12. The molecule has 4 amide bonds. The zero-order valence-corrected chi connectivity index (χ0v) is 34.4. The predicted octanol–water partition coefficient (Wildman–Crippen LogP) is -0.0774. The number of rotatable bonds is 28. The summed E-state index contributed by atoms with van der Waals surface area (Å²) in [7, 11) is 0. The second-order valence-electron chi connectivity index (χ2n) is 15.4. The lowest BCUT2D eigenvalue weighted by atomic mass is 9.84. The molecule has 2 aliphatic rings. The number of nitrogens with one attached hydrogen (secondary N) is 4. The lowest BCUT2D eigenvalue weighted by Gasteiger charge is -2.36. The molecule has 1 heterocycles. The van der Waals surface area contributed by atoms with E-state index < -0.39 is 42.0 Å². The van der Waals surface area contributed by atoms with Crippen molar-refractivity contribution in [2.75, 3.05) is 25.4 Å². The van der Waals surface area contributed by atoms with Crippen LogP contribution in [-0.2, 0) is 24.0 Å². The van der Waals surface area contributed by atoms with Crippen LogP contribution in [0, 0.1) is 17.2 Å². The SMILES string of the molecule is C=C(O)[C@H](CCCN=C(N)N)NC(=O)[C@@H]1CC2CCCCC2N1C(=O)[C@H](CCN)CC(=O)[C@@H](N)CCCCNC(=O)[C@H](CCCCCC(=N)N)NC(=O)[C@@H](N)CS. The average molecular weight is 823 g/mol. The fourth-order valence-electron chi connectivity index (χ4n) is 7.68. The summed E-state index contributed by atoms with van der Waals surface area (Å²) < 4.78 is 0. The normalized spacial score (nSPS) is 20.2. The van der Waals surface area contributed by atoms with Gasteiger partial charge in [-0.25, -0.2) is 0 Å². The molecule has 0 aromatic heterocycles. The first kappa shape index (κ1) is 49.2. The van der Waals surface area contributed by atoms with Crippen molar-refractivity contribution in [3.05, 3.63) is 12.3 Å². The molecule has 0 spiro atoms. The molecule has 1 saturated heterocycles. The highest BCUT2D eigenvalue weighted by Crippen LogP contribution is 2.41. The number of carbonyl (C=O) groups excluding carboxylic acids is 5. The number of hydrogen-bond acceptors (Lipinski definition) is 12. The zero-order valence-electron chi connectivity index (χ0n) is 33.5. The summed E-state index contributed by atoms with van der Waals surface area (Å²) in [5, 5.41) is 26.1. The molecule has 2 rings (SSSR count). The third-order valence-electron chi connectivity index (χ3n) is 10.9. The predicted molar refractivity (Wildman–Crippen MR) is 225 cm³/mol. The number of aliphatic hydroxyl groups is 1. The summed E-state index contributed by atoms with van der Waals surface area (Å²) in [6.07, 6.45) is 9.35. The van der Waals surface area contributed by atoms with Gasteiger partial charge in [0.15, 0.2) is 5.96 Å². The molecular formula is C38H70N12O6S. The molecule has 0 aromatic rings. The van der Waals surface area contributed by atoms with Gasteiger partial charge in [-0.1, -0.05) is 32.3 Å². The van der Waals surface area contributed by atoms with Crippen LogP contribution in [0.15, 0.2) is 17.3 Å². The summed E-state index contributed by atoms with van der Waals surface area (Å²) in [5.41, 5.74) is 34.3. The molecule has 2 fully saturated rings. The van der Waals surface area contributed by atoms with Crippen molar-refractivity contribution in [2.45, 2.75) is 145 Å². The lowest BCUT2D eigenvalue weighted by Crippen LogP contribution is -2.53. The maximum absolute atomic E-state index is 14.3. The number of carbonyl (C=O) groups is 5. The number of nitrogens with zero attached hydrogens (tertiary/aromatic N) is 2. The van der Waals surface area contributed by atoms with Crippen molar-refractivity contribution in [3.63, 3.8) is 0 Å². The van der Waals surface area contributed by atoms with Crippen LogP contribution in [0.4, 0.5) is 0 Å². The Kier molecular flexibility index (Phi) is 22.6. The van der Waals surface area contributed by atoms with Crippen LogP contribution < -0.4 is 50.4 Å². The molecule has 57 heavy (non-hydrogen) atoms. The van der Waals surface area contributed by atoms with E-state index in [0.717, 1.165) is 32.1 Å². The molecule has 17 N–H and O–H groups in total. The van der Waals surface area contributed by atoms with Gasteiger partial charge in [-0.15, -0.1) is 0 Å². The van der Waals surface area contributed by atoms with E-state index in [1.165, 1.54) is 0 Å². The summed E-state index contributed by atoms with van der Waals surface area (Å²) in [6.45, 7) is 4.40. The monoisotopic (exact) mass is 823 g/mol. The average Bonchev–Trinajstić information content (AvgIpc) is 3.56. The second-order valence-corrected chi connectivity index (χ2v) is 15.8. The molecular weight excluding hydrogens is 753 g/mol. The number of ketones is 1. The molecule has 2 unspecified atom stereocenters. The van der Waals surface area contributed by atoms with Crippen LogP contribution in [0.5, 0.6) is 0 Å². The Morgan fingerprint density at radius 3 is 2.21 bits per heavy atom. The van der Waals surface area contributed by atoms with E-state index in [2.05, 4.69) is 40.2 Å². The molecule has 324 valence electrons. The lowest BCUT2D eigenvalue weighted by molar-refractivity contribution is -0.146. The number of amidine groups is 1. The van der Waals surface area contributed by atoms with Crippen LogP contribution in [0.3, 0.4) is 0 Å². The Labute approximate surface area is 342 Å². The number of guanidine groups is 1. The van der Waals surface area contributed by atoms with Gasteiger partial charge < -0.3 is 60.4 Å². The number of likely N-dealkylation sites (tertiary alicyclic amines) is 1. The first-order valence-corrected chi connectivity index (χ1v) is 21.1. The van der Waals surface area contributed by atoms with E-state index in [-0.39, 0.29) is 78.2 Å².